The smallest absolute Gasteiger partial charge is 0.0319 e. The van der Waals surface area contributed by atoms with Gasteiger partial charge in [0.1, 0.15) is 0 Å². The maximum Gasteiger partial charge on any atom is 0.0319 e. The van der Waals surface area contributed by atoms with Crippen LogP contribution in [-0.4, -0.2) is 12.2 Å². The lowest BCUT2D eigenvalue weighted by atomic mass is 9.84. The molecule has 0 saturated heterocycles. The molecular weight excluding hydrogens is 124 g/mol. The van der Waals surface area contributed by atoms with Gasteiger partial charge in [-0.3, -0.25) is 0 Å². The first-order valence-electron chi connectivity index (χ1n) is 4.23. The monoisotopic (exact) mass is 144 g/mol. The van der Waals surface area contributed by atoms with E-state index in [-0.39, 0.29) is 0 Å². The summed E-state index contributed by atoms with van der Waals surface area (Å²) in [6.45, 7) is 4.74. The van der Waals surface area contributed by atoms with Crippen LogP contribution in [0.5, 0.6) is 0 Å². The van der Waals surface area contributed by atoms with Crippen molar-refractivity contribution in [1.82, 2.24) is 0 Å². The summed E-state index contributed by atoms with van der Waals surface area (Å²) in [7, 11) is 1.00. The maximum absolute atomic E-state index is 7.00. The Bertz CT molecular complexity index is 63.1. The van der Waals surface area contributed by atoms with Gasteiger partial charge >= 0.3 is 0 Å². The molecule has 0 amide bonds. The number of hydrogen-bond acceptors (Lipinski definition) is 1. The van der Waals surface area contributed by atoms with Gasteiger partial charge in [-0.15, -0.1) is 0 Å². The van der Waals surface area contributed by atoms with E-state index in [1.165, 1.54) is 25.7 Å². The molecule has 0 radical (unpaired) electrons. The van der Waals surface area contributed by atoms with E-state index >= 15 is 0 Å². The molecule has 0 aromatic heterocycles. The summed E-state index contributed by atoms with van der Waals surface area (Å²) >= 11 is 0. The Morgan fingerprint density at radius 3 is 1.60 bits per heavy atom. The molecule has 0 aliphatic heterocycles. The summed E-state index contributed by atoms with van der Waals surface area (Å²) in [5.41, 5.74) is 0. The Kier molecular flexibility index (Phi) is 5.70. The summed E-state index contributed by atoms with van der Waals surface area (Å²) in [6, 6.07) is 0. The molecule has 1 rings (SSSR count). The van der Waals surface area contributed by atoms with Gasteiger partial charge in [-0.25, -0.2) is 0 Å². The number of aliphatic hydroxyl groups is 1. The van der Waals surface area contributed by atoms with E-state index in [4.69, 9.17) is 5.11 Å². The van der Waals surface area contributed by atoms with E-state index in [1.807, 2.05) is 0 Å². The number of hydrogen-bond donors (Lipinski definition) is 1. The second-order valence-corrected chi connectivity index (χ2v) is 3.38. The van der Waals surface area contributed by atoms with Crippen LogP contribution in [0.4, 0.5) is 0 Å². The average molecular weight is 144 g/mol. The highest BCUT2D eigenvalue weighted by molar-refractivity contribution is 4.66. The zero-order valence-corrected chi connectivity index (χ0v) is 7.43. The van der Waals surface area contributed by atoms with Crippen molar-refractivity contribution in [1.29, 1.82) is 0 Å². The molecule has 2 unspecified atom stereocenters. The quantitative estimate of drug-likeness (QED) is 0.553. The topological polar surface area (TPSA) is 20.2 Å². The Labute approximate surface area is 64.5 Å². The molecule has 1 aliphatic carbocycles. The van der Waals surface area contributed by atoms with Crippen LogP contribution in [0.1, 0.15) is 39.5 Å². The van der Waals surface area contributed by atoms with E-state index < -0.39 is 0 Å². The van der Waals surface area contributed by atoms with Gasteiger partial charge in [-0.05, 0) is 18.3 Å². The van der Waals surface area contributed by atoms with Gasteiger partial charge in [0, 0.05) is 7.11 Å². The fourth-order valence-corrected chi connectivity index (χ4v) is 1.74. The van der Waals surface area contributed by atoms with Gasteiger partial charge in [0.25, 0.3) is 0 Å². The fraction of sp³-hybridized carbons (Fsp3) is 1.00. The first-order valence-corrected chi connectivity index (χ1v) is 4.23. The van der Waals surface area contributed by atoms with E-state index in [9.17, 15) is 0 Å². The van der Waals surface area contributed by atoms with Crippen molar-refractivity contribution in [3.8, 4) is 0 Å². The van der Waals surface area contributed by atoms with Crippen LogP contribution in [-0.2, 0) is 0 Å². The molecule has 1 fully saturated rings. The summed E-state index contributed by atoms with van der Waals surface area (Å²) in [4.78, 5) is 0. The first kappa shape index (κ1) is 9.96. The van der Waals surface area contributed by atoms with Crippen LogP contribution in [0.15, 0.2) is 0 Å². The molecule has 1 nitrogen and oxygen atoms in total. The van der Waals surface area contributed by atoms with Gasteiger partial charge in [0.15, 0.2) is 0 Å². The van der Waals surface area contributed by atoms with Gasteiger partial charge in [-0.1, -0.05) is 33.1 Å². The third-order valence-electron chi connectivity index (χ3n) is 2.20. The first-order chi connectivity index (χ1) is 4.79. The summed E-state index contributed by atoms with van der Waals surface area (Å²) in [5.74, 6) is 2.03. The van der Waals surface area contributed by atoms with Crippen LogP contribution in [0.3, 0.4) is 0 Å². The molecule has 62 valence electrons. The molecule has 10 heavy (non-hydrogen) atoms. The van der Waals surface area contributed by atoms with Crippen molar-refractivity contribution >= 4 is 0 Å². The standard InChI is InChI=1S/C8H16.CH4O/c1-7-4-3-5-8(2)6-7;1-2/h7-8H,3-6H2,1-2H3;2H,1H3. The third kappa shape index (κ3) is 3.89. The molecule has 0 spiro atoms. The molecule has 1 saturated carbocycles. The minimum atomic E-state index is 1.00. The predicted octanol–water partition coefficient (Wildman–Crippen LogP) is 2.44. The normalized spacial score (nSPS) is 32.4. The van der Waals surface area contributed by atoms with Crippen molar-refractivity contribution in [2.24, 2.45) is 11.8 Å². The zero-order chi connectivity index (χ0) is 7.98. The largest absolute Gasteiger partial charge is 0.400 e. The van der Waals surface area contributed by atoms with Crippen LogP contribution in [0.2, 0.25) is 0 Å². The Balaban J connectivity index is 0.000000371. The lowest BCUT2D eigenvalue weighted by molar-refractivity contribution is 0.301. The van der Waals surface area contributed by atoms with E-state index in [0.717, 1.165) is 18.9 Å². The predicted molar refractivity (Wildman–Crippen MR) is 44.9 cm³/mol. The lowest BCUT2D eigenvalue weighted by Gasteiger charge is -2.22. The summed E-state index contributed by atoms with van der Waals surface area (Å²) < 4.78 is 0. The molecule has 0 heterocycles. The molecule has 2 atom stereocenters. The van der Waals surface area contributed by atoms with Gasteiger partial charge in [-0.2, -0.15) is 0 Å². The Hall–Kier alpha value is -0.0400. The Morgan fingerprint density at radius 1 is 1.00 bits per heavy atom. The summed E-state index contributed by atoms with van der Waals surface area (Å²) in [5, 5.41) is 7.00. The van der Waals surface area contributed by atoms with Crippen molar-refractivity contribution in [2.75, 3.05) is 7.11 Å². The van der Waals surface area contributed by atoms with Crippen LogP contribution >= 0.6 is 0 Å². The highest BCUT2D eigenvalue weighted by Crippen LogP contribution is 2.27. The fourth-order valence-electron chi connectivity index (χ4n) is 1.74. The lowest BCUT2D eigenvalue weighted by Crippen LogP contribution is -2.09. The van der Waals surface area contributed by atoms with Gasteiger partial charge in [0.05, 0.1) is 0 Å². The molecular formula is C9H20O. The average Bonchev–Trinajstić information content (AvgIpc) is 1.91. The van der Waals surface area contributed by atoms with Crippen molar-refractivity contribution in [3.63, 3.8) is 0 Å². The maximum atomic E-state index is 7.00. The summed E-state index contributed by atoms with van der Waals surface area (Å²) in [6.07, 6.45) is 5.90. The van der Waals surface area contributed by atoms with Crippen molar-refractivity contribution in [2.45, 2.75) is 39.5 Å². The third-order valence-corrected chi connectivity index (χ3v) is 2.20. The van der Waals surface area contributed by atoms with E-state index in [2.05, 4.69) is 13.8 Å². The van der Waals surface area contributed by atoms with E-state index in [1.54, 1.807) is 0 Å². The van der Waals surface area contributed by atoms with Gasteiger partial charge < -0.3 is 5.11 Å². The highest BCUT2D eigenvalue weighted by Gasteiger charge is 2.13. The second kappa shape index (κ2) is 5.72. The van der Waals surface area contributed by atoms with E-state index in [0.29, 0.717) is 0 Å². The molecule has 0 aromatic carbocycles. The molecule has 0 bridgehead atoms. The molecule has 0 aromatic rings. The van der Waals surface area contributed by atoms with Gasteiger partial charge in [0.2, 0.25) is 0 Å². The van der Waals surface area contributed by atoms with Crippen LogP contribution < -0.4 is 0 Å². The molecule has 1 N–H and O–H groups in total. The zero-order valence-electron chi connectivity index (χ0n) is 7.43. The second-order valence-electron chi connectivity index (χ2n) is 3.38. The van der Waals surface area contributed by atoms with Crippen molar-refractivity contribution < 1.29 is 5.11 Å². The highest BCUT2D eigenvalue weighted by atomic mass is 16.2. The SMILES string of the molecule is CC1CCCC(C)C1.CO. The molecule has 1 heteroatoms. The van der Waals surface area contributed by atoms with Crippen LogP contribution in [0, 0.1) is 11.8 Å². The minimum absolute atomic E-state index is 1.00. The van der Waals surface area contributed by atoms with Crippen molar-refractivity contribution in [3.05, 3.63) is 0 Å². The molecule has 1 aliphatic rings. The number of rotatable bonds is 0. The number of aliphatic hydroxyl groups excluding tert-OH is 1. The minimum Gasteiger partial charge on any atom is -0.400 e. The Morgan fingerprint density at radius 2 is 1.40 bits per heavy atom. The van der Waals surface area contributed by atoms with Crippen LogP contribution in [0.25, 0.3) is 0 Å².